The molecule has 1 heterocycles. The van der Waals surface area contributed by atoms with Crippen LogP contribution in [0.5, 0.6) is 0 Å². The highest BCUT2D eigenvalue weighted by Gasteiger charge is 2.24. The van der Waals surface area contributed by atoms with Gasteiger partial charge in [-0.25, -0.2) is 9.79 Å². The van der Waals surface area contributed by atoms with Gasteiger partial charge in [0.2, 0.25) is 0 Å². The molecule has 130 valence electrons. The highest BCUT2D eigenvalue weighted by Crippen LogP contribution is 2.29. The van der Waals surface area contributed by atoms with E-state index in [4.69, 9.17) is 4.84 Å². The molecule has 3 rings (SSSR count). The summed E-state index contributed by atoms with van der Waals surface area (Å²) in [6.07, 6.45) is 0.416. The van der Waals surface area contributed by atoms with Crippen molar-refractivity contribution in [2.45, 2.75) is 12.5 Å². The fraction of sp³-hybridized carbons (Fsp3) is 0.222. The molecule has 2 aromatic rings. The molecular formula is C18H18IN3O3. The van der Waals surface area contributed by atoms with Gasteiger partial charge in [0.15, 0.2) is 0 Å². The van der Waals surface area contributed by atoms with Gasteiger partial charge in [-0.15, -0.1) is 0 Å². The van der Waals surface area contributed by atoms with E-state index >= 15 is 0 Å². The lowest BCUT2D eigenvalue weighted by atomic mass is 10.1. The Bertz CT molecular complexity index is 819. The molecule has 0 saturated carbocycles. The maximum atomic E-state index is 11.4. The first-order chi connectivity index (χ1) is 11.9. The molecule has 0 bridgehead atoms. The highest BCUT2D eigenvalue weighted by atomic mass is 127. The summed E-state index contributed by atoms with van der Waals surface area (Å²) >= 11 is 2.08. The summed E-state index contributed by atoms with van der Waals surface area (Å²) < 4.78 is 0.855. The summed E-state index contributed by atoms with van der Waals surface area (Å²) in [4.78, 5) is 23.5. The Hall–Kier alpha value is -2.13. The van der Waals surface area contributed by atoms with Crippen LogP contribution in [-0.2, 0) is 4.84 Å². The number of carboxylic acids is 1. The Labute approximate surface area is 159 Å². The van der Waals surface area contributed by atoms with Crippen LogP contribution in [0.2, 0.25) is 0 Å². The molecule has 0 aliphatic carbocycles. The van der Waals surface area contributed by atoms with E-state index in [1.54, 1.807) is 12.1 Å². The molecule has 0 radical (unpaired) electrons. The van der Waals surface area contributed by atoms with Crippen LogP contribution in [-0.4, -0.2) is 31.0 Å². The van der Waals surface area contributed by atoms with Crippen molar-refractivity contribution in [2.24, 2.45) is 4.99 Å². The molecule has 1 atom stereocenters. The molecule has 0 aromatic heterocycles. The molecule has 1 aliphatic rings. The Morgan fingerprint density at radius 1 is 1.28 bits per heavy atom. The first kappa shape index (κ1) is 17.7. The third kappa shape index (κ3) is 4.10. The summed E-state index contributed by atoms with van der Waals surface area (Å²) in [6.45, 7) is 0. The van der Waals surface area contributed by atoms with Crippen LogP contribution < -0.4 is 10.4 Å². The van der Waals surface area contributed by atoms with Crippen molar-refractivity contribution in [1.29, 1.82) is 0 Å². The quantitative estimate of drug-likeness (QED) is 0.693. The average molecular weight is 451 g/mol. The van der Waals surface area contributed by atoms with Crippen LogP contribution in [0, 0.1) is 3.57 Å². The van der Waals surface area contributed by atoms with Gasteiger partial charge in [-0.05, 0) is 58.5 Å². The molecule has 2 aromatic carbocycles. The Kier molecular flexibility index (Phi) is 5.24. The van der Waals surface area contributed by atoms with Gasteiger partial charge >= 0.3 is 5.97 Å². The number of hydroxylamine groups is 1. The third-order valence-corrected chi connectivity index (χ3v) is 4.59. The van der Waals surface area contributed by atoms with Gasteiger partial charge < -0.3 is 10.0 Å². The molecule has 1 fully saturated rings. The van der Waals surface area contributed by atoms with E-state index in [0.29, 0.717) is 17.9 Å². The molecular weight excluding hydrogens is 433 g/mol. The van der Waals surface area contributed by atoms with Gasteiger partial charge in [0, 0.05) is 29.8 Å². The van der Waals surface area contributed by atoms with Crippen molar-refractivity contribution in [3.8, 4) is 0 Å². The second-order valence-corrected chi connectivity index (χ2v) is 7.17. The van der Waals surface area contributed by atoms with Crippen LogP contribution in [0.25, 0.3) is 0 Å². The molecule has 1 saturated heterocycles. The van der Waals surface area contributed by atoms with Gasteiger partial charge in [0.1, 0.15) is 11.9 Å². The van der Waals surface area contributed by atoms with Crippen molar-refractivity contribution in [1.82, 2.24) is 5.48 Å². The number of carbonyl (C=O) groups is 1. The number of hydrogen-bond acceptors (Lipinski definition) is 4. The van der Waals surface area contributed by atoms with E-state index in [-0.39, 0.29) is 11.7 Å². The minimum Gasteiger partial charge on any atom is -0.478 e. The Morgan fingerprint density at radius 3 is 2.64 bits per heavy atom. The van der Waals surface area contributed by atoms with Gasteiger partial charge in [-0.3, -0.25) is 10.3 Å². The van der Waals surface area contributed by atoms with Gasteiger partial charge in [0.05, 0.1) is 11.3 Å². The SMILES string of the molecule is CN(C)c1ccc(C2CC(=Nc3ccc(I)cc3C(=O)O)NO2)cc1. The molecule has 7 heteroatoms. The minimum absolute atomic E-state index is 0.146. The molecule has 0 spiro atoms. The van der Waals surface area contributed by atoms with Crippen LogP contribution in [0.1, 0.15) is 28.4 Å². The van der Waals surface area contributed by atoms with E-state index in [1.807, 2.05) is 49.3 Å². The lowest BCUT2D eigenvalue weighted by Gasteiger charge is -2.14. The van der Waals surface area contributed by atoms with Crippen LogP contribution in [0.15, 0.2) is 47.5 Å². The molecule has 1 aliphatic heterocycles. The number of amidine groups is 1. The zero-order valence-corrected chi connectivity index (χ0v) is 16.0. The molecule has 6 nitrogen and oxygen atoms in total. The van der Waals surface area contributed by atoms with Crippen molar-refractivity contribution >= 4 is 45.8 Å². The van der Waals surface area contributed by atoms with E-state index in [1.165, 1.54) is 0 Å². The van der Waals surface area contributed by atoms with E-state index in [0.717, 1.165) is 14.8 Å². The second kappa shape index (κ2) is 7.40. The van der Waals surface area contributed by atoms with Crippen LogP contribution >= 0.6 is 22.6 Å². The van der Waals surface area contributed by atoms with Crippen LogP contribution in [0.3, 0.4) is 0 Å². The predicted octanol–water partition coefficient (Wildman–Crippen LogP) is 3.75. The van der Waals surface area contributed by atoms with Crippen molar-refractivity contribution < 1.29 is 14.7 Å². The zero-order valence-electron chi connectivity index (χ0n) is 13.9. The first-order valence-electron chi connectivity index (χ1n) is 7.73. The third-order valence-electron chi connectivity index (χ3n) is 3.92. The smallest absolute Gasteiger partial charge is 0.337 e. The predicted molar refractivity (Wildman–Crippen MR) is 106 cm³/mol. The fourth-order valence-corrected chi connectivity index (χ4v) is 3.05. The number of hydrogen-bond donors (Lipinski definition) is 2. The Morgan fingerprint density at radius 2 is 2.00 bits per heavy atom. The summed E-state index contributed by atoms with van der Waals surface area (Å²) in [7, 11) is 3.99. The topological polar surface area (TPSA) is 74.2 Å². The summed E-state index contributed by atoms with van der Waals surface area (Å²) in [6, 6.07) is 13.3. The number of anilines is 1. The lowest BCUT2D eigenvalue weighted by molar-refractivity contribution is 0.0449. The van der Waals surface area contributed by atoms with E-state index in [9.17, 15) is 9.90 Å². The first-order valence-corrected chi connectivity index (χ1v) is 8.81. The monoisotopic (exact) mass is 451 g/mol. The van der Waals surface area contributed by atoms with Crippen LogP contribution in [0.4, 0.5) is 11.4 Å². The van der Waals surface area contributed by atoms with E-state index < -0.39 is 5.97 Å². The van der Waals surface area contributed by atoms with Crippen molar-refractivity contribution in [3.63, 3.8) is 0 Å². The van der Waals surface area contributed by atoms with Crippen molar-refractivity contribution in [3.05, 3.63) is 57.2 Å². The number of halogens is 1. The summed E-state index contributed by atoms with van der Waals surface area (Å²) in [5.41, 5.74) is 5.58. The average Bonchev–Trinajstić information content (AvgIpc) is 3.05. The number of nitrogens with zero attached hydrogens (tertiary/aromatic N) is 2. The molecule has 2 N–H and O–H groups in total. The second-order valence-electron chi connectivity index (χ2n) is 5.92. The molecule has 0 amide bonds. The summed E-state index contributed by atoms with van der Waals surface area (Å²) in [5, 5.41) is 9.34. The largest absolute Gasteiger partial charge is 0.478 e. The van der Waals surface area contributed by atoms with E-state index in [2.05, 4.69) is 33.1 Å². The van der Waals surface area contributed by atoms with Gasteiger partial charge in [0.25, 0.3) is 0 Å². The number of rotatable bonds is 4. The van der Waals surface area contributed by atoms with Gasteiger partial charge in [-0.2, -0.15) is 0 Å². The fourth-order valence-electron chi connectivity index (χ4n) is 2.56. The molecule has 25 heavy (non-hydrogen) atoms. The Balaban J connectivity index is 1.79. The zero-order chi connectivity index (χ0) is 18.0. The number of benzene rings is 2. The number of aromatic carboxylic acids is 1. The normalized spacial score (nSPS) is 18.2. The molecule has 1 unspecified atom stereocenters. The maximum Gasteiger partial charge on any atom is 0.337 e. The maximum absolute atomic E-state index is 11.4. The highest BCUT2D eigenvalue weighted by molar-refractivity contribution is 14.1. The van der Waals surface area contributed by atoms with Gasteiger partial charge in [-0.1, -0.05) is 12.1 Å². The minimum atomic E-state index is -0.993. The number of aliphatic imine (C=N–C) groups is 1. The number of carboxylic acid groups (broad SMARTS) is 1. The summed E-state index contributed by atoms with van der Waals surface area (Å²) in [5.74, 6) is -0.377. The lowest BCUT2D eigenvalue weighted by Crippen LogP contribution is -2.12. The van der Waals surface area contributed by atoms with Crippen molar-refractivity contribution in [2.75, 3.05) is 19.0 Å². The standard InChI is InChI=1S/C18H18IN3O3/c1-22(2)13-6-3-11(4-7-13)16-10-17(21-25-16)20-15-8-5-12(19)9-14(15)18(23)24/h3-9,16H,10H2,1-2H3,(H,20,21)(H,23,24). The number of nitrogens with one attached hydrogen (secondary N) is 1.